The highest BCUT2D eigenvalue weighted by Crippen LogP contribution is 2.43. The molecule has 2 nitrogen and oxygen atoms in total. The van der Waals surface area contributed by atoms with E-state index in [1.54, 1.807) is 0 Å². The van der Waals surface area contributed by atoms with Crippen molar-refractivity contribution in [2.45, 2.75) is 0 Å². The molecule has 0 bridgehead atoms. The third kappa shape index (κ3) is 5.18. The normalized spacial score (nSPS) is 11.5. The average molecular weight is 669 g/mol. The van der Waals surface area contributed by atoms with Gasteiger partial charge in [-0.05, 0) is 88.5 Å². The van der Waals surface area contributed by atoms with E-state index in [4.69, 9.17) is 0 Å². The highest BCUT2D eigenvalue weighted by molar-refractivity contribution is 7.25. The van der Waals surface area contributed by atoms with E-state index in [9.17, 15) is 0 Å². The highest BCUT2D eigenvalue weighted by atomic mass is 32.1. The van der Waals surface area contributed by atoms with Crippen LogP contribution in [0, 0.1) is 0 Å². The maximum atomic E-state index is 3.71. The molecule has 0 fully saturated rings. The first-order valence-electron chi connectivity index (χ1n) is 17.3. The van der Waals surface area contributed by atoms with Crippen LogP contribution in [0.25, 0.3) is 75.4 Å². The Morgan fingerprint density at radius 2 is 0.863 bits per heavy atom. The number of para-hydroxylation sites is 2. The molecule has 8 aromatic carbocycles. The monoisotopic (exact) mass is 668 g/mol. The number of hydrogen-bond acceptors (Lipinski definition) is 2. The van der Waals surface area contributed by atoms with Gasteiger partial charge in [0.2, 0.25) is 0 Å². The van der Waals surface area contributed by atoms with Gasteiger partial charge in [0.1, 0.15) is 0 Å². The molecule has 240 valence electrons. The molecule has 2 heterocycles. The molecule has 10 aromatic rings. The molecule has 0 aliphatic rings. The summed E-state index contributed by atoms with van der Waals surface area (Å²) < 4.78 is 2.58. The number of aromatic amines is 1. The van der Waals surface area contributed by atoms with E-state index in [-0.39, 0.29) is 0 Å². The standard InChI is InChI=1S/C48H32N2S/c1-3-10-32(11-4-1)34-18-23-37(24-19-34)50(38-25-20-35(21-26-38)33-12-5-2-6-13-33)39-27-29-47-44(31-39)43-30-36(22-28-46(43)51-47)40-15-9-16-42-41-14-7-8-17-45(41)49-48(40)42/h1-31,49H. The quantitative estimate of drug-likeness (QED) is 0.187. The smallest absolute Gasteiger partial charge is 0.0544 e. The zero-order valence-electron chi connectivity index (χ0n) is 27.8. The van der Waals surface area contributed by atoms with Crippen molar-refractivity contribution >= 4 is 70.4 Å². The van der Waals surface area contributed by atoms with Gasteiger partial charge in [-0.3, -0.25) is 0 Å². The first-order chi connectivity index (χ1) is 25.3. The number of fused-ring (bicyclic) bond motifs is 6. The van der Waals surface area contributed by atoms with E-state index in [2.05, 4.69) is 198 Å². The van der Waals surface area contributed by atoms with Crippen LogP contribution in [0.1, 0.15) is 0 Å². The molecular weight excluding hydrogens is 637 g/mol. The maximum Gasteiger partial charge on any atom is 0.0544 e. The van der Waals surface area contributed by atoms with Crippen molar-refractivity contribution in [2.75, 3.05) is 4.90 Å². The number of nitrogens with zero attached hydrogens (tertiary/aromatic N) is 1. The summed E-state index contributed by atoms with van der Waals surface area (Å²) in [6, 6.07) is 68.1. The Labute approximate surface area is 300 Å². The fourth-order valence-corrected chi connectivity index (χ4v) is 8.57. The molecule has 0 aliphatic carbocycles. The van der Waals surface area contributed by atoms with Gasteiger partial charge in [0, 0.05) is 59.1 Å². The maximum absolute atomic E-state index is 3.71. The van der Waals surface area contributed by atoms with Crippen LogP contribution in [0.2, 0.25) is 0 Å². The molecule has 0 aliphatic heterocycles. The molecule has 0 spiro atoms. The summed E-state index contributed by atoms with van der Waals surface area (Å²) in [5.74, 6) is 0. The van der Waals surface area contributed by atoms with Gasteiger partial charge < -0.3 is 9.88 Å². The Hall–Kier alpha value is -6.42. The second-order valence-corrected chi connectivity index (χ2v) is 14.1. The summed E-state index contributed by atoms with van der Waals surface area (Å²) in [5, 5.41) is 5.06. The van der Waals surface area contributed by atoms with Gasteiger partial charge in [0.15, 0.2) is 0 Å². The summed E-state index contributed by atoms with van der Waals surface area (Å²) >= 11 is 1.86. The van der Waals surface area contributed by atoms with Gasteiger partial charge in [-0.15, -0.1) is 11.3 Å². The lowest BCUT2D eigenvalue weighted by Gasteiger charge is -2.26. The van der Waals surface area contributed by atoms with Crippen LogP contribution in [0.4, 0.5) is 17.1 Å². The number of H-pyrrole nitrogens is 1. The Kier molecular flexibility index (Phi) is 7.04. The zero-order valence-corrected chi connectivity index (χ0v) is 28.6. The minimum atomic E-state index is 1.12. The fourth-order valence-electron chi connectivity index (χ4n) is 7.50. The van der Waals surface area contributed by atoms with Gasteiger partial charge in [-0.2, -0.15) is 0 Å². The van der Waals surface area contributed by atoms with Gasteiger partial charge in [0.05, 0.1) is 5.52 Å². The van der Waals surface area contributed by atoms with Crippen LogP contribution in [0.5, 0.6) is 0 Å². The Morgan fingerprint density at radius 3 is 1.53 bits per heavy atom. The lowest BCUT2D eigenvalue weighted by molar-refractivity contribution is 1.29. The second-order valence-electron chi connectivity index (χ2n) is 13.1. The first-order valence-corrected chi connectivity index (χ1v) is 18.2. The summed E-state index contributed by atoms with van der Waals surface area (Å²) in [6.07, 6.45) is 0. The molecule has 0 unspecified atom stereocenters. The van der Waals surface area contributed by atoms with E-state index in [0.717, 1.165) is 17.1 Å². The molecule has 3 heteroatoms. The van der Waals surface area contributed by atoms with Crippen LogP contribution in [-0.4, -0.2) is 4.98 Å². The van der Waals surface area contributed by atoms with Crippen molar-refractivity contribution in [3.05, 3.63) is 188 Å². The minimum Gasteiger partial charge on any atom is -0.354 e. The predicted octanol–water partition coefficient (Wildman–Crippen LogP) is 14.2. The number of rotatable bonds is 6. The third-order valence-corrected chi connectivity index (χ3v) is 11.2. The van der Waals surface area contributed by atoms with E-state index < -0.39 is 0 Å². The lowest BCUT2D eigenvalue weighted by atomic mass is 10.00. The SMILES string of the molecule is c1ccc(-c2ccc(N(c3ccc(-c4ccccc4)cc3)c3ccc4sc5ccc(-c6cccc7c6[nH]c6ccccc67)cc5c4c3)cc2)cc1. The Balaban J connectivity index is 1.11. The number of aromatic nitrogens is 1. The molecule has 2 aromatic heterocycles. The summed E-state index contributed by atoms with van der Waals surface area (Å²) in [6.45, 7) is 0. The Morgan fingerprint density at radius 1 is 0.353 bits per heavy atom. The third-order valence-electron chi connectivity index (χ3n) is 10.0. The number of anilines is 3. The van der Waals surface area contributed by atoms with Gasteiger partial charge >= 0.3 is 0 Å². The molecular formula is C48H32N2S. The van der Waals surface area contributed by atoms with Gasteiger partial charge in [-0.1, -0.05) is 127 Å². The molecule has 1 N–H and O–H groups in total. The number of benzene rings is 8. The summed E-state index contributed by atoms with van der Waals surface area (Å²) in [4.78, 5) is 6.09. The molecule has 0 atom stereocenters. The number of hydrogen-bond donors (Lipinski definition) is 1. The molecule has 51 heavy (non-hydrogen) atoms. The van der Waals surface area contributed by atoms with E-state index in [1.807, 2.05) is 11.3 Å². The van der Waals surface area contributed by atoms with Crippen molar-refractivity contribution < 1.29 is 0 Å². The number of thiophene rings is 1. The van der Waals surface area contributed by atoms with E-state index >= 15 is 0 Å². The minimum absolute atomic E-state index is 1.12. The van der Waals surface area contributed by atoms with Crippen molar-refractivity contribution in [2.24, 2.45) is 0 Å². The average Bonchev–Trinajstić information content (AvgIpc) is 3.77. The molecule has 0 radical (unpaired) electrons. The topological polar surface area (TPSA) is 19.0 Å². The number of nitrogens with one attached hydrogen (secondary N) is 1. The van der Waals surface area contributed by atoms with Gasteiger partial charge in [-0.25, -0.2) is 0 Å². The zero-order chi connectivity index (χ0) is 33.7. The molecule has 0 saturated carbocycles. The summed E-state index contributed by atoms with van der Waals surface area (Å²) in [5.41, 5.74) is 13.0. The molecule has 10 rings (SSSR count). The molecule has 0 amide bonds. The largest absolute Gasteiger partial charge is 0.354 e. The van der Waals surface area contributed by atoms with Crippen LogP contribution in [-0.2, 0) is 0 Å². The fraction of sp³-hybridized carbons (Fsp3) is 0. The highest BCUT2D eigenvalue weighted by Gasteiger charge is 2.17. The van der Waals surface area contributed by atoms with Crippen molar-refractivity contribution in [1.82, 2.24) is 4.98 Å². The van der Waals surface area contributed by atoms with Gasteiger partial charge in [0.25, 0.3) is 0 Å². The molecule has 0 saturated heterocycles. The summed E-state index contributed by atoms with van der Waals surface area (Å²) in [7, 11) is 0. The Bertz CT molecular complexity index is 2750. The van der Waals surface area contributed by atoms with Crippen molar-refractivity contribution in [3.8, 4) is 33.4 Å². The first kappa shape index (κ1) is 29.5. The van der Waals surface area contributed by atoms with Crippen LogP contribution in [0.15, 0.2) is 188 Å². The van der Waals surface area contributed by atoms with Crippen molar-refractivity contribution in [3.63, 3.8) is 0 Å². The van der Waals surface area contributed by atoms with Crippen molar-refractivity contribution in [1.29, 1.82) is 0 Å². The van der Waals surface area contributed by atoms with Crippen LogP contribution in [0.3, 0.4) is 0 Å². The lowest BCUT2D eigenvalue weighted by Crippen LogP contribution is -2.09. The van der Waals surface area contributed by atoms with Crippen LogP contribution < -0.4 is 4.90 Å². The second kappa shape index (κ2) is 12.2. The van der Waals surface area contributed by atoms with E-state index in [1.165, 1.54) is 75.4 Å². The van der Waals surface area contributed by atoms with E-state index in [0.29, 0.717) is 0 Å². The predicted molar refractivity (Wildman–Crippen MR) is 220 cm³/mol. The van der Waals surface area contributed by atoms with Crippen LogP contribution >= 0.6 is 11.3 Å².